The van der Waals surface area contributed by atoms with E-state index in [9.17, 15) is 0 Å². The third kappa shape index (κ3) is 3.31. The van der Waals surface area contributed by atoms with Crippen molar-refractivity contribution in [2.24, 2.45) is 7.05 Å². The van der Waals surface area contributed by atoms with Gasteiger partial charge in [-0.25, -0.2) is 0 Å². The Kier molecular flexibility index (Phi) is 4.31. The maximum Gasteiger partial charge on any atom is 0.0800 e. The first-order valence-electron chi connectivity index (χ1n) is 7.48. The first-order chi connectivity index (χ1) is 10.3. The number of hydrogen-bond acceptors (Lipinski definition) is 4. The third-order valence-electron chi connectivity index (χ3n) is 3.86. The molecule has 0 bridgehead atoms. The normalized spacial score (nSPS) is 18.7. The van der Waals surface area contributed by atoms with Crippen LogP contribution in [0.3, 0.4) is 0 Å². The average molecular weight is 286 g/mol. The Morgan fingerprint density at radius 2 is 2.29 bits per heavy atom. The Balaban J connectivity index is 1.76. The van der Waals surface area contributed by atoms with Gasteiger partial charge in [-0.15, -0.1) is 0 Å². The van der Waals surface area contributed by atoms with E-state index in [2.05, 4.69) is 27.2 Å². The average Bonchev–Trinajstić information content (AvgIpc) is 2.86. The number of ether oxygens (including phenoxy) is 1. The molecular formula is C16H22N4O. The summed E-state index contributed by atoms with van der Waals surface area (Å²) < 4.78 is 7.57. The molecule has 0 N–H and O–H groups in total. The second-order valence-corrected chi connectivity index (χ2v) is 5.55. The highest BCUT2D eigenvalue weighted by atomic mass is 16.5. The summed E-state index contributed by atoms with van der Waals surface area (Å²) in [4.78, 5) is 6.83. The number of pyridine rings is 1. The van der Waals surface area contributed by atoms with Gasteiger partial charge in [0.1, 0.15) is 0 Å². The Bertz CT molecular complexity index is 581. The predicted molar refractivity (Wildman–Crippen MR) is 80.8 cm³/mol. The summed E-state index contributed by atoms with van der Waals surface area (Å²) in [6, 6.07) is 6.07. The van der Waals surface area contributed by atoms with E-state index in [1.807, 2.05) is 37.0 Å². The zero-order valence-corrected chi connectivity index (χ0v) is 12.7. The van der Waals surface area contributed by atoms with Gasteiger partial charge in [-0.1, -0.05) is 6.07 Å². The highest BCUT2D eigenvalue weighted by Crippen LogP contribution is 2.28. The van der Waals surface area contributed by atoms with Crippen LogP contribution in [0.2, 0.25) is 0 Å². The molecule has 0 aromatic carbocycles. The molecule has 112 valence electrons. The Labute approximate surface area is 125 Å². The topological polar surface area (TPSA) is 43.2 Å². The van der Waals surface area contributed by atoms with Crippen LogP contribution in [0.4, 0.5) is 0 Å². The van der Waals surface area contributed by atoms with E-state index >= 15 is 0 Å². The summed E-state index contributed by atoms with van der Waals surface area (Å²) in [6.07, 6.45) is 3.99. The molecule has 21 heavy (non-hydrogen) atoms. The van der Waals surface area contributed by atoms with Crippen LogP contribution in [-0.2, 0) is 24.9 Å². The van der Waals surface area contributed by atoms with Gasteiger partial charge in [-0.2, -0.15) is 5.10 Å². The van der Waals surface area contributed by atoms with Gasteiger partial charge in [0.05, 0.1) is 18.0 Å². The molecule has 0 unspecified atom stereocenters. The van der Waals surface area contributed by atoms with Crippen LogP contribution in [0.5, 0.6) is 0 Å². The van der Waals surface area contributed by atoms with Crippen molar-refractivity contribution in [3.8, 4) is 0 Å². The fraction of sp³-hybridized carbons (Fsp3) is 0.500. The molecule has 0 aliphatic carbocycles. The van der Waals surface area contributed by atoms with Gasteiger partial charge >= 0.3 is 0 Å². The number of fused-ring (bicyclic) bond motifs is 1. The second kappa shape index (κ2) is 6.37. The highest BCUT2D eigenvalue weighted by Gasteiger charge is 2.28. The number of hydrogen-bond donors (Lipinski definition) is 0. The molecule has 1 aliphatic rings. The van der Waals surface area contributed by atoms with E-state index in [0.717, 1.165) is 38.5 Å². The van der Waals surface area contributed by atoms with Crippen LogP contribution in [0.25, 0.3) is 0 Å². The van der Waals surface area contributed by atoms with Crippen LogP contribution < -0.4 is 0 Å². The van der Waals surface area contributed by atoms with Gasteiger partial charge in [-0.3, -0.25) is 14.6 Å². The molecular weight excluding hydrogens is 264 g/mol. The first kappa shape index (κ1) is 14.2. The Hall–Kier alpha value is -1.72. The minimum Gasteiger partial charge on any atom is -0.381 e. The van der Waals surface area contributed by atoms with Gasteiger partial charge in [0, 0.05) is 57.2 Å². The van der Waals surface area contributed by atoms with Crippen molar-refractivity contribution in [1.82, 2.24) is 19.7 Å². The van der Waals surface area contributed by atoms with Crippen molar-refractivity contribution < 1.29 is 4.74 Å². The Morgan fingerprint density at radius 1 is 1.38 bits per heavy atom. The lowest BCUT2D eigenvalue weighted by Gasteiger charge is -2.31. The molecule has 2 aromatic heterocycles. The summed E-state index contributed by atoms with van der Waals surface area (Å²) in [5.74, 6) is 0.395. The number of rotatable bonds is 5. The van der Waals surface area contributed by atoms with Gasteiger partial charge in [0.25, 0.3) is 0 Å². The SMILES string of the molecule is CCOC[C@H]1CN(Cc2ccccn2)Cc2nn(C)cc21. The molecule has 0 saturated carbocycles. The lowest BCUT2D eigenvalue weighted by molar-refractivity contribution is 0.104. The number of aryl methyl sites for hydroxylation is 1. The number of aromatic nitrogens is 3. The summed E-state index contributed by atoms with van der Waals surface area (Å²) >= 11 is 0. The predicted octanol–water partition coefficient (Wildman–Crippen LogP) is 1.95. The van der Waals surface area contributed by atoms with Crippen molar-refractivity contribution >= 4 is 0 Å². The Morgan fingerprint density at radius 3 is 3.05 bits per heavy atom. The van der Waals surface area contributed by atoms with E-state index in [1.165, 1.54) is 11.3 Å². The molecule has 0 radical (unpaired) electrons. The van der Waals surface area contributed by atoms with Crippen LogP contribution in [0.1, 0.15) is 29.8 Å². The molecule has 0 saturated heterocycles. The standard InChI is InChI=1S/C16H22N4O/c1-3-21-12-13-8-20(9-14-6-4-5-7-17-14)11-16-15(13)10-19(2)18-16/h4-7,10,13H,3,8-9,11-12H2,1-2H3/t13-/m1/s1. The van der Waals surface area contributed by atoms with Crippen molar-refractivity contribution in [3.05, 3.63) is 47.5 Å². The fourth-order valence-corrected chi connectivity index (χ4v) is 2.95. The van der Waals surface area contributed by atoms with Crippen molar-refractivity contribution in [3.63, 3.8) is 0 Å². The summed E-state index contributed by atoms with van der Waals surface area (Å²) in [5, 5.41) is 4.60. The van der Waals surface area contributed by atoms with Crippen molar-refractivity contribution in [2.45, 2.75) is 25.9 Å². The lowest BCUT2D eigenvalue weighted by Crippen LogP contribution is -2.35. The van der Waals surface area contributed by atoms with E-state index in [-0.39, 0.29) is 0 Å². The molecule has 3 heterocycles. The lowest BCUT2D eigenvalue weighted by atomic mass is 9.95. The molecule has 2 aromatic rings. The van der Waals surface area contributed by atoms with E-state index in [4.69, 9.17) is 4.74 Å². The van der Waals surface area contributed by atoms with Gasteiger partial charge in [0.15, 0.2) is 0 Å². The molecule has 0 spiro atoms. The summed E-state index contributed by atoms with van der Waals surface area (Å²) in [6.45, 7) is 6.29. The zero-order chi connectivity index (χ0) is 14.7. The van der Waals surface area contributed by atoms with Crippen LogP contribution in [0, 0.1) is 0 Å². The molecule has 1 atom stereocenters. The maximum atomic E-state index is 5.66. The van der Waals surface area contributed by atoms with Gasteiger partial charge in [0.2, 0.25) is 0 Å². The minimum atomic E-state index is 0.395. The minimum absolute atomic E-state index is 0.395. The monoisotopic (exact) mass is 286 g/mol. The zero-order valence-electron chi connectivity index (χ0n) is 12.7. The molecule has 1 aliphatic heterocycles. The fourth-order valence-electron chi connectivity index (χ4n) is 2.95. The second-order valence-electron chi connectivity index (χ2n) is 5.55. The van der Waals surface area contributed by atoms with E-state index in [1.54, 1.807) is 0 Å². The third-order valence-corrected chi connectivity index (χ3v) is 3.86. The van der Waals surface area contributed by atoms with Gasteiger partial charge < -0.3 is 4.74 Å². The summed E-state index contributed by atoms with van der Waals surface area (Å²) in [7, 11) is 1.99. The molecule has 0 amide bonds. The largest absolute Gasteiger partial charge is 0.381 e. The van der Waals surface area contributed by atoms with E-state index < -0.39 is 0 Å². The quantitative estimate of drug-likeness (QED) is 0.842. The van der Waals surface area contributed by atoms with Crippen LogP contribution in [0.15, 0.2) is 30.6 Å². The van der Waals surface area contributed by atoms with E-state index in [0.29, 0.717) is 5.92 Å². The first-order valence-corrected chi connectivity index (χ1v) is 7.48. The van der Waals surface area contributed by atoms with Crippen LogP contribution >= 0.6 is 0 Å². The van der Waals surface area contributed by atoms with Crippen molar-refractivity contribution in [2.75, 3.05) is 19.8 Å². The van der Waals surface area contributed by atoms with Crippen molar-refractivity contribution in [1.29, 1.82) is 0 Å². The highest BCUT2D eigenvalue weighted by molar-refractivity contribution is 5.25. The maximum absolute atomic E-state index is 5.66. The molecule has 0 fully saturated rings. The molecule has 5 nitrogen and oxygen atoms in total. The number of nitrogens with zero attached hydrogens (tertiary/aromatic N) is 4. The summed E-state index contributed by atoms with van der Waals surface area (Å²) in [5.41, 5.74) is 3.61. The molecule has 3 rings (SSSR count). The smallest absolute Gasteiger partial charge is 0.0800 e. The van der Waals surface area contributed by atoms with Crippen LogP contribution in [-0.4, -0.2) is 39.4 Å². The van der Waals surface area contributed by atoms with Gasteiger partial charge in [-0.05, 0) is 19.1 Å². The molecule has 5 heteroatoms.